The second-order valence-electron chi connectivity index (χ2n) is 11.2. The minimum Gasteiger partial charge on any atom is -0.354 e. The van der Waals surface area contributed by atoms with E-state index in [1.807, 2.05) is 0 Å². The fraction of sp³-hybridized carbons (Fsp3) is 0.118. The number of nitrogens with zero attached hydrogens (tertiary/aromatic N) is 1. The molecule has 6 aromatic rings. The SMILES string of the molecule is Cc1cc(-c2cccc3c2[nH]c2ccccc23)c2c(c1)N1c3ccccc3C(C)(C)c3cccc(c31)B2. The van der Waals surface area contributed by atoms with Gasteiger partial charge in [-0.2, -0.15) is 0 Å². The molecule has 0 spiro atoms. The Hall–Kier alpha value is -4.24. The Morgan fingerprint density at radius 3 is 2.38 bits per heavy atom. The third-order valence-electron chi connectivity index (χ3n) is 8.65. The Labute approximate surface area is 217 Å². The van der Waals surface area contributed by atoms with E-state index in [0.29, 0.717) is 0 Å². The normalized spacial score (nSPS) is 14.7. The molecule has 2 aliphatic rings. The van der Waals surface area contributed by atoms with Crippen molar-refractivity contribution in [3.05, 3.63) is 114 Å². The van der Waals surface area contributed by atoms with Gasteiger partial charge in [-0.25, -0.2) is 0 Å². The number of hydrogen-bond acceptors (Lipinski definition) is 1. The topological polar surface area (TPSA) is 19.0 Å². The van der Waals surface area contributed by atoms with Gasteiger partial charge in [0.1, 0.15) is 0 Å². The van der Waals surface area contributed by atoms with E-state index < -0.39 is 0 Å². The standard InChI is InChI=1S/C34H27BN2/c1-20-18-24(23-12-8-11-22-21-10-4-6-16-28(21)36-32(22)23)31-30(19-20)37-29-17-7-5-13-25(29)34(2,3)26-14-9-15-27(35-31)33(26)37/h4-19,35-36H,1-3H3. The van der Waals surface area contributed by atoms with E-state index in [1.165, 1.54) is 77.6 Å². The number of anilines is 3. The molecule has 2 nitrogen and oxygen atoms in total. The molecule has 176 valence electrons. The number of nitrogens with one attached hydrogen (secondary N) is 1. The molecule has 0 fully saturated rings. The summed E-state index contributed by atoms with van der Waals surface area (Å²) in [7, 11) is 0.930. The summed E-state index contributed by atoms with van der Waals surface area (Å²) in [6.45, 7) is 6.97. The smallest absolute Gasteiger partial charge is 0.198 e. The zero-order chi connectivity index (χ0) is 24.9. The quantitative estimate of drug-likeness (QED) is 0.251. The Kier molecular flexibility index (Phi) is 4.05. The molecule has 5 aromatic carbocycles. The van der Waals surface area contributed by atoms with Crippen LogP contribution in [-0.2, 0) is 5.41 Å². The minimum atomic E-state index is -0.0431. The fourth-order valence-electron chi connectivity index (χ4n) is 6.93. The van der Waals surface area contributed by atoms with Gasteiger partial charge in [0.2, 0.25) is 0 Å². The number of H-pyrrole nitrogens is 1. The van der Waals surface area contributed by atoms with Gasteiger partial charge in [-0.1, -0.05) is 98.2 Å². The van der Waals surface area contributed by atoms with Gasteiger partial charge in [-0.05, 0) is 52.8 Å². The van der Waals surface area contributed by atoms with E-state index in [9.17, 15) is 0 Å². The molecule has 0 aliphatic carbocycles. The highest BCUT2D eigenvalue weighted by Crippen LogP contribution is 2.52. The molecule has 1 aromatic heterocycles. The first-order chi connectivity index (χ1) is 18.0. The van der Waals surface area contributed by atoms with Gasteiger partial charge in [0, 0.05) is 38.6 Å². The molecule has 3 heteroatoms. The summed E-state index contributed by atoms with van der Waals surface area (Å²) in [5.74, 6) is 0. The molecule has 0 saturated heterocycles. The van der Waals surface area contributed by atoms with Crippen molar-refractivity contribution in [2.75, 3.05) is 4.90 Å². The molecular formula is C34H27BN2. The van der Waals surface area contributed by atoms with Crippen molar-refractivity contribution >= 4 is 57.1 Å². The lowest BCUT2D eigenvalue weighted by molar-refractivity contribution is 0.632. The molecule has 37 heavy (non-hydrogen) atoms. The van der Waals surface area contributed by atoms with E-state index in [-0.39, 0.29) is 5.41 Å². The molecule has 0 saturated carbocycles. The van der Waals surface area contributed by atoms with Gasteiger partial charge < -0.3 is 9.88 Å². The Morgan fingerprint density at radius 2 is 1.46 bits per heavy atom. The van der Waals surface area contributed by atoms with E-state index in [4.69, 9.17) is 0 Å². The molecular weight excluding hydrogens is 447 g/mol. The minimum absolute atomic E-state index is 0.0431. The molecule has 1 N–H and O–H groups in total. The number of aromatic nitrogens is 1. The van der Waals surface area contributed by atoms with Gasteiger partial charge in [0.25, 0.3) is 0 Å². The van der Waals surface area contributed by atoms with Crippen molar-refractivity contribution < 1.29 is 0 Å². The number of hydrogen-bond donors (Lipinski definition) is 1. The van der Waals surface area contributed by atoms with Gasteiger partial charge in [0.05, 0.1) is 11.2 Å². The maximum atomic E-state index is 3.75. The first-order valence-corrected chi connectivity index (χ1v) is 13.2. The second-order valence-corrected chi connectivity index (χ2v) is 11.2. The summed E-state index contributed by atoms with van der Waals surface area (Å²) >= 11 is 0. The number of para-hydroxylation sites is 4. The highest BCUT2D eigenvalue weighted by atomic mass is 15.2. The number of rotatable bonds is 1. The van der Waals surface area contributed by atoms with E-state index in [2.05, 4.69) is 128 Å². The van der Waals surface area contributed by atoms with Crippen LogP contribution < -0.4 is 15.8 Å². The lowest BCUT2D eigenvalue weighted by atomic mass is 9.56. The average Bonchev–Trinajstić information content (AvgIpc) is 3.30. The highest BCUT2D eigenvalue weighted by molar-refractivity contribution is 6.73. The molecule has 0 bridgehead atoms. The summed E-state index contributed by atoms with van der Waals surface area (Å²) in [6.07, 6.45) is 0. The summed E-state index contributed by atoms with van der Waals surface area (Å²) in [6, 6.07) is 36.0. The highest BCUT2D eigenvalue weighted by Gasteiger charge is 2.40. The first kappa shape index (κ1) is 20.9. The van der Waals surface area contributed by atoms with Crippen LogP contribution in [0.3, 0.4) is 0 Å². The number of benzene rings is 5. The summed E-state index contributed by atoms with van der Waals surface area (Å²) in [5, 5.41) is 2.56. The monoisotopic (exact) mass is 474 g/mol. The number of aryl methyl sites for hydroxylation is 1. The van der Waals surface area contributed by atoms with Crippen LogP contribution in [0.5, 0.6) is 0 Å². The average molecular weight is 474 g/mol. The third kappa shape index (κ3) is 2.72. The van der Waals surface area contributed by atoms with E-state index in [1.54, 1.807) is 0 Å². The Morgan fingerprint density at radius 1 is 0.703 bits per heavy atom. The van der Waals surface area contributed by atoms with Gasteiger partial charge in [-0.3, -0.25) is 0 Å². The largest absolute Gasteiger partial charge is 0.354 e. The third-order valence-corrected chi connectivity index (χ3v) is 8.65. The van der Waals surface area contributed by atoms with Gasteiger partial charge >= 0.3 is 0 Å². The zero-order valence-corrected chi connectivity index (χ0v) is 21.4. The van der Waals surface area contributed by atoms with Crippen LogP contribution in [-0.4, -0.2) is 12.3 Å². The van der Waals surface area contributed by atoms with Crippen LogP contribution >= 0.6 is 0 Å². The number of fused-ring (bicyclic) bond motifs is 7. The summed E-state index contributed by atoms with van der Waals surface area (Å²) < 4.78 is 0. The first-order valence-electron chi connectivity index (χ1n) is 13.2. The van der Waals surface area contributed by atoms with Crippen LogP contribution in [0, 0.1) is 6.92 Å². The van der Waals surface area contributed by atoms with Crippen LogP contribution in [0.15, 0.2) is 97.1 Å². The fourth-order valence-corrected chi connectivity index (χ4v) is 6.93. The second kappa shape index (κ2) is 7.17. The van der Waals surface area contributed by atoms with Gasteiger partial charge in [-0.15, -0.1) is 0 Å². The maximum absolute atomic E-state index is 3.75. The van der Waals surface area contributed by atoms with Crippen LogP contribution in [0.4, 0.5) is 17.1 Å². The Balaban J connectivity index is 1.45. The van der Waals surface area contributed by atoms with Gasteiger partial charge in [0.15, 0.2) is 7.28 Å². The van der Waals surface area contributed by atoms with Crippen molar-refractivity contribution in [2.24, 2.45) is 0 Å². The molecule has 2 aliphatic heterocycles. The van der Waals surface area contributed by atoms with Crippen molar-refractivity contribution in [1.82, 2.24) is 4.98 Å². The Bertz CT molecular complexity index is 1910. The van der Waals surface area contributed by atoms with Crippen molar-refractivity contribution in [3.63, 3.8) is 0 Å². The number of aromatic amines is 1. The lowest BCUT2D eigenvalue weighted by Gasteiger charge is -2.46. The van der Waals surface area contributed by atoms with Crippen molar-refractivity contribution in [3.8, 4) is 11.1 Å². The molecule has 0 atom stereocenters. The van der Waals surface area contributed by atoms with Crippen molar-refractivity contribution in [2.45, 2.75) is 26.2 Å². The predicted octanol–water partition coefficient (Wildman–Crippen LogP) is 7.11. The molecule has 8 rings (SSSR count). The van der Waals surface area contributed by atoms with Crippen LogP contribution in [0.2, 0.25) is 0 Å². The maximum Gasteiger partial charge on any atom is 0.198 e. The lowest BCUT2D eigenvalue weighted by Crippen LogP contribution is -2.45. The van der Waals surface area contributed by atoms with E-state index in [0.717, 1.165) is 7.28 Å². The van der Waals surface area contributed by atoms with Crippen LogP contribution in [0.1, 0.15) is 30.5 Å². The summed E-state index contributed by atoms with van der Waals surface area (Å²) in [4.78, 5) is 6.30. The van der Waals surface area contributed by atoms with Crippen molar-refractivity contribution in [1.29, 1.82) is 0 Å². The van der Waals surface area contributed by atoms with E-state index >= 15 is 0 Å². The molecule has 0 radical (unpaired) electrons. The summed E-state index contributed by atoms with van der Waals surface area (Å²) in [5.41, 5.74) is 15.8. The zero-order valence-electron chi connectivity index (χ0n) is 21.4. The van der Waals surface area contributed by atoms with Crippen LogP contribution in [0.25, 0.3) is 32.9 Å². The molecule has 0 amide bonds. The predicted molar refractivity (Wildman–Crippen MR) is 159 cm³/mol. The molecule has 3 heterocycles. The molecule has 0 unspecified atom stereocenters.